The van der Waals surface area contributed by atoms with Gasteiger partial charge in [0.2, 0.25) is 5.88 Å². The van der Waals surface area contributed by atoms with Crippen molar-refractivity contribution in [1.29, 1.82) is 0 Å². The SMILES string of the molecule is O=C(O)C1CCN(Cc2cc(Oc3ccc4c(c3)CCN4C(=O)Nc3ccc(F)c(C(F)(F)F)c3)ncn2)CC1. The summed E-state index contributed by atoms with van der Waals surface area (Å²) in [5, 5.41) is 11.6. The zero-order valence-electron chi connectivity index (χ0n) is 21.1. The molecule has 2 aromatic carbocycles. The minimum atomic E-state index is -4.88. The first-order chi connectivity index (χ1) is 19.1. The summed E-state index contributed by atoms with van der Waals surface area (Å²) in [6.45, 7) is 2.17. The van der Waals surface area contributed by atoms with Crippen LogP contribution in [-0.2, 0) is 23.9 Å². The van der Waals surface area contributed by atoms with Gasteiger partial charge in [0.1, 0.15) is 17.9 Å². The van der Waals surface area contributed by atoms with E-state index in [4.69, 9.17) is 9.84 Å². The number of hydrogen-bond acceptors (Lipinski definition) is 6. The van der Waals surface area contributed by atoms with Crippen LogP contribution in [-0.4, -0.2) is 51.6 Å². The number of nitrogens with zero attached hydrogens (tertiary/aromatic N) is 4. The van der Waals surface area contributed by atoms with Crippen LogP contribution in [0, 0.1) is 11.7 Å². The molecular weight excluding hydrogens is 534 g/mol. The topological polar surface area (TPSA) is 108 Å². The van der Waals surface area contributed by atoms with Gasteiger partial charge in [-0.15, -0.1) is 0 Å². The second-order valence-corrected chi connectivity index (χ2v) is 9.65. The molecule has 5 rings (SSSR count). The molecule has 3 heterocycles. The lowest BCUT2D eigenvalue weighted by molar-refractivity contribution is -0.143. The van der Waals surface area contributed by atoms with Gasteiger partial charge in [-0.3, -0.25) is 14.6 Å². The third-order valence-electron chi connectivity index (χ3n) is 6.96. The number of urea groups is 1. The van der Waals surface area contributed by atoms with Crippen molar-refractivity contribution in [2.75, 3.05) is 29.9 Å². The number of ether oxygens (including phenoxy) is 1. The Morgan fingerprint density at radius 3 is 2.55 bits per heavy atom. The number of piperidine rings is 1. The monoisotopic (exact) mass is 559 g/mol. The van der Waals surface area contributed by atoms with Crippen molar-refractivity contribution < 1.29 is 37.0 Å². The van der Waals surface area contributed by atoms with E-state index in [2.05, 4.69) is 20.2 Å². The molecule has 0 unspecified atom stereocenters. The van der Waals surface area contributed by atoms with Crippen molar-refractivity contribution in [3.63, 3.8) is 0 Å². The number of likely N-dealkylation sites (tertiary alicyclic amines) is 1. The number of aliphatic carboxylic acids is 1. The van der Waals surface area contributed by atoms with Gasteiger partial charge in [0, 0.05) is 30.5 Å². The Bertz CT molecular complexity index is 1430. The number of hydrogen-bond donors (Lipinski definition) is 2. The van der Waals surface area contributed by atoms with Gasteiger partial charge >= 0.3 is 18.2 Å². The average Bonchev–Trinajstić information content (AvgIpc) is 3.33. The molecule has 0 atom stereocenters. The molecule has 40 heavy (non-hydrogen) atoms. The van der Waals surface area contributed by atoms with E-state index in [1.807, 2.05) is 0 Å². The first-order valence-corrected chi connectivity index (χ1v) is 12.6. The molecule has 2 N–H and O–H groups in total. The molecule has 1 saturated heterocycles. The highest BCUT2D eigenvalue weighted by Gasteiger charge is 2.34. The van der Waals surface area contributed by atoms with E-state index in [1.165, 1.54) is 11.2 Å². The number of carbonyl (C=O) groups is 2. The van der Waals surface area contributed by atoms with Crippen LogP contribution in [0.2, 0.25) is 0 Å². The zero-order chi connectivity index (χ0) is 28.4. The van der Waals surface area contributed by atoms with Crippen LogP contribution in [0.1, 0.15) is 29.7 Å². The fourth-order valence-corrected chi connectivity index (χ4v) is 4.87. The number of benzene rings is 2. The Labute approximate surface area is 226 Å². The third-order valence-corrected chi connectivity index (χ3v) is 6.96. The molecule has 0 radical (unpaired) electrons. The number of fused-ring (bicyclic) bond motifs is 1. The predicted molar refractivity (Wildman–Crippen MR) is 136 cm³/mol. The Kier molecular flexibility index (Phi) is 7.57. The number of alkyl halides is 3. The van der Waals surface area contributed by atoms with Crippen LogP contribution in [0.25, 0.3) is 0 Å². The van der Waals surface area contributed by atoms with E-state index >= 15 is 0 Å². The van der Waals surface area contributed by atoms with Crippen molar-refractivity contribution in [3.8, 4) is 11.6 Å². The minimum Gasteiger partial charge on any atom is -0.481 e. The first-order valence-electron chi connectivity index (χ1n) is 12.6. The highest BCUT2D eigenvalue weighted by molar-refractivity contribution is 6.03. The molecule has 1 aromatic heterocycles. The summed E-state index contributed by atoms with van der Waals surface area (Å²) in [7, 11) is 0. The van der Waals surface area contributed by atoms with E-state index in [-0.39, 0.29) is 11.6 Å². The maximum absolute atomic E-state index is 13.6. The molecule has 0 bridgehead atoms. The van der Waals surface area contributed by atoms with Crippen LogP contribution < -0.4 is 15.0 Å². The summed E-state index contributed by atoms with van der Waals surface area (Å²) in [5.41, 5.74) is 0.495. The van der Waals surface area contributed by atoms with E-state index in [9.17, 15) is 27.2 Å². The van der Waals surface area contributed by atoms with Crippen LogP contribution in [0.3, 0.4) is 0 Å². The van der Waals surface area contributed by atoms with E-state index < -0.39 is 29.6 Å². The molecule has 2 amide bonds. The molecule has 210 valence electrons. The number of rotatable bonds is 6. The number of carboxylic acid groups (broad SMARTS) is 1. The fraction of sp³-hybridized carbons (Fsp3) is 0.333. The summed E-state index contributed by atoms with van der Waals surface area (Å²) in [5.74, 6) is -1.67. The Morgan fingerprint density at radius 1 is 1.05 bits per heavy atom. The van der Waals surface area contributed by atoms with Crippen molar-refractivity contribution >= 4 is 23.4 Å². The Morgan fingerprint density at radius 2 is 1.82 bits per heavy atom. The molecule has 0 spiro atoms. The molecule has 1 fully saturated rings. The van der Waals surface area contributed by atoms with Crippen molar-refractivity contribution in [3.05, 3.63) is 71.4 Å². The first kappa shape index (κ1) is 27.3. The number of aromatic nitrogens is 2. The smallest absolute Gasteiger partial charge is 0.419 e. The van der Waals surface area contributed by atoms with Crippen molar-refractivity contribution in [1.82, 2.24) is 14.9 Å². The summed E-state index contributed by atoms with van der Waals surface area (Å²) in [6.07, 6.45) is -1.81. The molecule has 0 aliphatic carbocycles. The second kappa shape index (κ2) is 11.1. The number of carbonyl (C=O) groups excluding carboxylic acids is 1. The molecule has 9 nitrogen and oxygen atoms in total. The number of nitrogens with one attached hydrogen (secondary N) is 1. The average molecular weight is 560 g/mol. The quantitative estimate of drug-likeness (QED) is 0.394. The van der Waals surface area contributed by atoms with Gasteiger partial charge in [0.05, 0.1) is 17.2 Å². The van der Waals surface area contributed by atoms with Crippen molar-refractivity contribution in [2.24, 2.45) is 5.92 Å². The van der Waals surface area contributed by atoms with Gasteiger partial charge in [-0.2, -0.15) is 13.2 Å². The maximum Gasteiger partial charge on any atom is 0.419 e. The normalized spacial score (nSPS) is 16.1. The van der Waals surface area contributed by atoms with E-state index in [0.717, 1.165) is 17.3 Å². The Hall–Kier alpha value is -4.26. The van der Waals surface area contributed by atoms with Gasteiger partial charge in [-0.1, -0.05) is 0 Å². The van der Waals surface area contributed by atoms with Gasteiger partial charge in [0.15, 0.2) is 0 Å². The van der Waals surface area contributed by atoms with Gasteiger partial charge in [-0.25, -0.2) is 19.2 Å². The fourth-order valence-electron chi connectivity index (χ4n) is 4.87. The lowest BCUT2D eigenvalue weighted by Gasteiger charge is -2.29. The number of halogens is 4. The van der Waals surface area contributed by atoms with Gasteiger partial charge < -0.3 is 15.2 Å². The van der Waals surface area contributed by atoms with Crippen LogP contribution >= 0.6 is 0 Å². The van der Waals surface area contributed by atoms with E-state index in [1.54, 1.807) is 24.3 Å². The Balaban J connectivity index is 1.22. The summed E-state index contributed by atoms with van der Waals surface area (Å²) < 4.78 is 58.6. The number of carboxylic acids is 1. The lowest BCUT2D eigenvalue weighted by atomic mass is 9.97. The van der Waals surface area contributed by atoms with Crippen LogP contribution in [0.4, 0.5) is 33.7 Å². The summed E-state index contributed by atoms with van der Waals surface area (Å²) >= 11 is 0. The third kappa shape index (κ3) is 6.14. The molecule has 2 aliphatic heterocycles. The molecular formula is C27H25F4N5O4. The van der Waals surface area contributed by atoms with Gasteiger partial charge in [0.25, 0.3) is 0 Å². The molecule has 2 aliphatic rings. The highest BCUT2D eigenvalue weighted by atomic mass is 19.4. The largest absolute Gasteiger partial charge is 0.481 e. The second-order valence-electron chi connectivity index (χ2n) is 9.65. The minimum absolute atomic E-state index is 0.169. The van der Waals surface area contributed by atoms with Crippen LogP contribution in [0.5, 0.6) is 11.6 Å². The van der Waals surface area contributed by atoms with Crippen molar-refractivity contribution in [2.45, 2.75) is 32.0 Å². The highest BCUT2D eigenvalue weighted by Crippen LogP contribution is 2.35. The lowest BCUT2D eigenvalue weighted by Crippen LogP contribution is -2.36. The van der Waals surface area contributed by atoms with Crippen LogP contribution in [0.15, 0.2) is 48.8 Å². The van der Waals surface area contributed by atoms with E-state index in [0.29, 0.717) is 74.9 Å². The summed E-state index contributed by atoms with van der Waals surface area (Å²) in [4.78, 5) is 36.0. The maximum atomic E-state index is 13.6. The molecule has 13 heteroatoms. The standard InChI is InChI=1S/C27H25F4N5O4/c28-22-3-1-18(12-21(22)27(29,30)31)34-26(39)36-10-7-17-11-20(2-4-23(17)36)40-24-13-19(32-15-33-24)14-35-8-5-16(6-9-35)25(37)38/h1-4,11-13,15-16H,5-10,14H2,(H,34,39)(H,37,38). The number of anilines is 2. The zero-order valence-corrected chi connectivity index (χ0v) is 21.1. The van der Waals surface area contributed by atoms with Gasteiger partial charge in [-0.05, 0) is 74.3 Å². The molecule has 3 aromatic rings. The predicted octanol–water partition coefficient (Wildman–Crippen LogP) is 5.32. The molecule has 0 saturated carbocycles. The summed E-state index contributed by atoms with van der Waals surface area (Å²) in [6, 6.07) is 8.48. The number of amides is 2.